The minimum Gasteiger partial charge on any atom is -0.328 e. The Morgan fingerprint density at radius 2 is 1.92 bits per heavy atom. The molecule has 0 saturated carbocycles. The third kappa shape index (κ3) is 3.37. The summed E-state index contributed by atoms with van der Waals surface area (Å²) in [5, 5.41) is 0. The van der Waals surface area contributed by atoms with E-state index in [4.69, 9.17) is 5.73 Å². The first kappa shape index (κ1) is 9.75. The van der Waals surface area contributed by atoms with Gasteiger partial charge in [0.15, 0.2) is 0 Å². The second-order valence-electron chi connectivity index (χ2n) is 3.14. The fraction of sp³-hybridized carbons (Fsp3) is 0.400. The predicted molar refractivity (Wildman–Crippen MR) is 56.1 cm³/mol. The highest BCUT2D eigenvalue weighted by Gasteiger charge is 1.96. The van der Waals surface area contributed by atoms with E-state index in [9.17, 15) is 0 Å². The van der Waals surface area contributed by atoms with E-state index in [2.05, 4.69) is 40.2 Å². The van der Waals surface area contributed by atoms with Crippen molar-refractivity contribution in [2.75, 3.05) is 0 Å². The van der Waals surface area contributed by atoms with Crippen molar-refractivity contribution < 1.29 is 0 Å². The first-order chi connectivity index (χ1) is 5.68. The Morgan fingerprint density at radius 3 is 2.42 bits per heavy atom. The molecule has 0 fully saturated rings. The minimum absolute atomic E-state index is 0.300. The predicted octanol–water partition coefficient (Wildman–Crippen LogP) is 2.73. The summed E-state index contributed by atoms with van der Waals surface area (Å²) in [5.41, 5.74) is 7.02. The average molecular weight is 228 g/mol. The van der Waals surface area contributed by atoms with Gasteiger partial charge in [0.05, 0.1) is 0 Å². The summed E-state index contributed by atoms with van der Waals surface area (Å²) in [7, 11) is 0. The van der Waals surface area contributed by atoms with Crippen molar-refractivity contribution >= 4 is 15.9 Å². The molecule has 0 saturated heterocycles. The van der Waals surface area contributed by atoms with Crippen LogP contribution < -0.4 is 5.73 Å². The number of halogens is 1. The van der Waals surface area contributed by atoms with Crippen molar-refractivity contribution in [1.29, 1.82) is 0 Å². The summed E-state index contributed by atoms with van der Waals surface area (Å²) >= 11 is 3.40. The molecule has 12 heavy (non-hydrogen) atoms. The van der Waals surface area contributed by atoms with E-state index < -0.39 is 0 Å². The summed E-state index contributed by atoms with van der Waals surface area (Å²) in [4.78, 5) is 0. The summed E-state index contributed by atoms with van der Waals surface area (Å²) in [5.74, 6) is 0. The maximum Gasteiger partial charge on any atom is 0.0175 e. The molecule has 1 aromatic rings. The molecule has 0 spiro atoms. The summed E-state index contributed by atoms with van der Waals surface area (Å²) in [6.45, 7) is 2.04. The lowest BCUT2D eigenvalue weighted by Crippen LogP contribution is -2.15. The zero-order valence-electron chi connectivity index (χ0n) is 7.26. The van der Waals surface area contributed by atoms with Crippen LogP contribution in [0.15, 0.2) is 28.7 Å². The zero-order valence-corrected chi connectivity index (χ0v) is 8.84. The number of hydrogen-bond donors (Lipinski definition) is 1. The van der Waals surface area contributed by atoms with Crippen LogP contribution in [0.1, 0.15) is 18.9 Å². The lowest BCUT2D eigenvalue weighted by Gasteiger charge is -2.04. The summed E-state index contributed by atoms with van der Waals surface area (Å²) < 4.78 is 1.13. The fourth-order valence-electron chi connectivity index (χ4n) is 1.05. The summed E-state index contributed by atoms with van der Waals surface area (Å²) in [6, 6.07) is 8.69. The van der Waals surface area contributed by atoms with Crippen LogP contribution in [0.3, 0.4) is 0 Å². The molecule has 1 aromatic carbocycles. The van der Waals surface area contributed by atoms with Gasteiger partial charge in [-0.25, -0.2) is 0 Å². The van der Waals surface area contributed by atoms with Crippen LogP contribution in [0, 0.1) is 0 Å². The van der Waals surface area contributed by atoms with Crippen LogP contribution in [0.4, 0.5) is 0 Å². The van der Waals surface area contributed by atoms with E-state index in [1.807, 2.05) is 6.92 Å². The van der Waals surface area contributed by atoms with Crippen molar-refractivity contribution in [2.24, 2.45) is 5.73 Å². The molecule has 0 radical (unpaired) electrons. The Labute approximate surface area is 82.1 Å². The van der Waals surface area contributed by atoms with Crippen molar-refractivity contribution in [3.63, 3.8) is 0 Å². The van der Waals surface area contributed by atoms with Gasteiger partial charge in [0.2, 0.25) is 0 Å². The largest absolute Gasteiger partial charge is 0.328 e. The van der Waals surface area contributed by atoms with E-state index in [0.29, 0.717) is 6.04 Å². The SMILES string of the molecule is CC(N)CCc1ccc(Br)cc1. The molecule has 0 aliphatic rings. The first-order valence-corrected chi connectivity index (χ1v) is 4.98. The smallest absolute Gasteiger partial charge is 0.0175 e. The van der Waals surface area contributed by atoms with Crippen molar-refractivity contribution in [1.82, 2.24) is 0 Å². The Kier molecular flexibility index (Phi) is 3.76. The lowest BCUT2D eigenvalue weighted by molar-refractivity contribution is 0.666. The van der Waals surface area contributed by atoms with E-state index in [1.165, 1.54) is 5.56 Å². The Morgan fingerprint density at radius 1 is 1.33 bits per heavy atom. The van der Waals surface area contributed by atoms with Crippen LogP contribution >= 0.6 is 15.9 Å². The van der Waals surface area contributed by atoms with Gasteiger partial charge < -0.3 is 5.73 Å². The highest BCUT2D eigenvalue weighted by Crippen LogP contribution is 2.11. The molecule has 0 amide bonds. The number of aryl methyl sites for hydroxylation is 1. The fourth-order valence-corrected chi connectivity index (χ4v) is 1.31. The van der Waals surface area contributed by atoms with Crippen LogP contribution in [-0.2, 0) is 6.42 Å². The average Bonchev–Trinajstić information content (AvgIpc) is 2.03. The molecule has 1 rings (SSSR count). The zero-order chi connectivity index (χ0) is 8.97. The highest BCUT2D eigenvalue weighted by atomic mass is 79.9. The molecule has 0 bridgehead atoms. The molecule has 1 nitrogen and oxygen atoms in total. The van der Waals surface area contributed by atoms with E-state index in [-0.39, 0.29) is 0 Å². The normalized spacial score (nSPS) is 12.9. The Hall–Kier alpha value is -0.340. The Balaban J connectivity index is 2.48. The molecular formula is C10H14BrN. The number of nitrogens with two attached hydrogens (primary N) is 1. The standard InChI is InChI=1S/C10H14BrN/c1-8(12)2-3-9-4-6-10(11)7-5-9/h4-8H,2-3,12H2,1H3. The van der Waals surface area contributed by atoms with Crippen LogP contribution in [0.25, 0.3) is 0 Å². The third-order valence-electron chi connectivity index (χ3n) is 1.80. The van der Waals surface area contributed by atoms with Gasteiger partial charge in [0.1, 0.15) is 0 Å². The topological polar surface area (TPSA) is 26.0 Å². The van der Waals surface area contributed by atoms with Crippen molar-refractivity contribution in [3.05, 3.63) is 34.3 Å². The maximum atomic E-state index is 5.66. The van der Waals surface area contributed by atoms with E-state index in [1.54, 1.807) is 0 Å². The lowest BCUT2D eigenvalue weighted by atomic mass is 10.1. The van der Waals surface area contributed by atoms with Crippen LogP contribution in [0.2, 0.25) is 0 Å². The van der Waals surface area contributed by atoms with Gasteiger partial charge in [-0.1, -0.05) is 28.1 Å². The quantitative estimate of drug-likeness (QED) is 0.845. The van der Waals surface area contributed by atoms with Gasteiger partial charge in [0.25, 0.3) is 0 Å². The van der Waals surface area contributed by atoms with Gasteiger partial charge in [-0.3, -0.25) is 0 Å². The molecule has 0 aromatic heterocycles. The molecule has 2 N–H and O–H groups in total. The second kappa shape index (κ2) is 4.63. The van der Waals surface area contributed by atoms with E-state index in [0.717, 1.165) is 17.3 Å². The van der Waals surface area contributed by atoms with Crippen LogP contribution in [-0.4, -0.2) is 6.04 Å². The maximum absolute atomic E-state index is 5.66. The highest BCUT2D eigenvalue weighted by molar-refractivity contribution is 9.10. The van der Waals surface area contributed by atoms with Gasteiger partial charge in [-0.2, -0.15) is 0 Å². The minimum atomic E-state index is 0.300. The number of benzene rings is 1. The second-order valence-corrected chi connectivity index (χ2v) is 4.06. The van der Waals surface area contributed by atoms with Gasteiger partial charge >= 0.3 is 0 Å². The summed E-state index contributed by atoms with van der Waals surface area (Å²) in [6.07, 6.45) is 2.13. The van der Waals surface area contributed by atoms with Gasteiger partial charge in [-0.05, 0) is 37.5 Å². The molecule has 66 valence electrons. The van der Waals surface area contributed by atoms with Crippen molar-refractivity contribution in [3.8, 4) is 0 Å². The molecule has 0 aliphatic carbocycles. The molecular weight excluding hydrogens is 214 g/mol. The number of rotatable bonds is 3. The molecule has 0 aliphatic heterocycles. The van der Waals surface area contributed by atoms with Gasteiger partial charge in [0, 0.05) is 10.5 Å². The van der Waals surface area contributed by atoms with Crippen molar-refractivity contribution in [2.45, 2.75) is 25.8 Å². The Bertz CT molecular complexity index is 228. The number of hydrogen-bond acceptors (Lipinski definition) is 1. The van der Waals surface area contributed by atoms with Gasteiger partial charge in [-0.15, -0.1) is 0 Å². The van der Waals surface area contributed by atoms with Crippen LogP contribution in [0.5, 0.6) is 0 Å². The first-order valence-electron chi connectivity index (χ1n) is 4.18. The molecule has 1 atom stereocenters. The monoisotopic (exact) mass is 227 g/mol. The molecule has 1 unspecified atom stereocenters. The third-order valence-corrected chi connectivity index (χ3v) is 2.33. The molecule has 0 heterocycles. The van der Waals surface area contributed by atoms with E-state index >= 15 is 0 Å². The molecule has 2 heteroatoms.